The summed E-state index contributed by atoms with van der Waals surface area (Å²) >= 11 is 0. The first-order chi connectivity index (χ1) is 7.11. The zero-order chi connectivity index (χ0) is 11.7. The van der Waals surface area contributed by atoms with Gasteiger partial charge < -0.3 is 20.4 Å². The molecular formula is C9H17N3O3. The molecule has 0 radical (unpaired) electrons. The highest BCUT2D eigenvalue weighted by atomic mass is 16.4. The molecule has 0 spiro atoms. The van der Waals surface area contributed by atoms with Gasteiger partial charge >= 0.3 is 6.09 Å². The lowest BCUT2D eigenvalue weighted by Crippen LogP contribution is -2.35. The van der Waals surface area contributed by atoms with Gasteiger partial charge in [0.05, 0.1) is 19.1 Å². The van der Waals surface area contributed by atoms with Gasteiger partial charge in [-0.2, -0.15) is 5.26 Å². The highest BCUT2D eigenvalue weighted by Gasteiger charge is 2.07. The summed E-state index contributed by atoms with van der Waals surface area (Å²) in [7, 11) is 1.50. The van der Waals surface area contributed by atoms with Crippen molar-refractivity contribution in [2.45, 2.75) is 18.9 Å². The van der Waals surface area contributed by atoms with E-state index in [0.717, 1.165) is 0 Å². The minimum absolute atomic E-state index is 0.0810. The monoisotopic (exact) mass is 215 g/mol. The molecule has 6 nitrogen and oxygen atoms in total. The van der Waals surface area contributed by atoms with Gasteiger partial charge in [-0.15, -0.1) is 0 Å². The summed E-state index contributed by atoms with van der Waals surface area (Å²) < 4.78 is 0. The first kappa shape index (κ1) is 13.7. The van der Waals surface area contributed by atoms with Crippen LogP contribution in [-0.2, 0) is 0 Å². The van der Waals surface area contributed by atoms with Crippen molar-refractivity contribution < 1.29 is 15.0 Å². The van der Waals surface area contributed by atoms with E-state index in [1.165, 1.54) is 11.9 Å². The largest absolute Gasteiger partial charge is 0.465 e. The van der Waals surface area contributed by atoms with Crippen LogP contribution in [-0.4, -0.2) is 54.0 Å². The summed E-state index contributed by atoms with van der Waals surface area (Å²) in [5.74, 6) is 0. The maximum Gasteiger partial charge on any atom is 0.407 e. The van der Waals surface area contributed by atoms with E-state index in [1.54, 1.807) is 0 Å². The molecule has 1 atom stereocenters. The first-order valence-corrected chi connectivity index (χ1v) is 4.77. The number of hydrogen-bond acceptors (Lipinski definition) is 4. The van der Waals surface area contributed by atoms with Crippen LogP contribution in [0.3, 0.4) is 0 Å². The molecule has 0 fully saturated rings. The van der Waals surface area contributed by atoms with Crippen molar-refractivity contribution in [3.63, 3.8) is 0 Å². The smallest absolute Gasteiger partial charge is 0.407 e. The Bertz CT molecular complexity index is 227. The number of nitriles is 1. The second-order valence-corrected chi connectivity index (χ2v) is 3.25. The third-order valence-corrected chi connectivity index (χ3v) is 1.99. The number of rotatable bonds is 7. The van der Waals surface area contributed by atoms with Crippen LogP contribution >= 0.6 is 0 Å². The highest BCUT2D eigenvalue weighted by Crippen LogP contribution is 1.91. The fraction of sp³-hybridized carbons (Fsp3) is 0.778. The van der Waals surface area contributed by atoms with Crippen molar-refractivity contribution in [1.82, 2.24) is 10.2 Å². The summed E-state index contributed by atoms with van der Waals surface area (Å²) in [4.78, 5) is 11.6. The molecule has 0 aliphatic heterocycles. The zero-order valence-electron chi connectivity index (χ0n) is 8.81. The van der Waals surface area contributed by atoms with Gasteiger partial charge in [0.1, 0.15) is 0 Å². The number of carboxylic acid groups (broad SMARTS) is 1. The quantitative estimate of drug-likeness (QED) is 0.513. The SMILES string of the molecule is CN(CCCNC(CO)CC#N)C(=O)O. The van der Waals surface area contributed by atoms with Crippen LogP contribution in [0.4, 0.5) is 4.79 Å². The summed E-state index contributed by atoms with van der Waals surface area (Å²) in [6.07, 6.45) is -0.0403. The van der Waals surface area contributed by atoms with Crippen molar-refractivity contribution in [3.05, 3.63) is 0 Å². The molecule has 0 rings (SSSR count). The minimum atomic E-state index is -0.953. The predicted molar refractivity (Wildman–Crippen MR) is 54.4 cm³/mol. The molecule has 0 heterocycles. The molecule has 0 saturated heterocycles. The maximum atomic E-state index is 10.4. The average Bonchev–Trinajstić information content (AvgIpc) is 2.22. The van der Waals surface area contributed by atoms with Crippen LogP contribution in [0.2, 0.25) is 0 Å². The molecule has 1 unspecified atom stereocenters. The molecule has 0 aliphatic rings. The van der Waals surface area contributed by atoms with E-state index < -0.39 is 6.09 Å². The molecule has 0 aromatic rings. The van der Waals surface area contributed by atoms with Crippen molar-refractivity contribution in [2.75, 3.05) is 26.7 Å². The molecule has 0 aromatic heterocycles. The molecule has 15 heavy (non-hydrogen) atoms. The standard InChI is InChI=1S/C9H17N3O3/c1-12(9(14)15)6-2-5-11-8(7-13)3-4-10/h8,11,13H,2-3,5-7H2,1H3,(H,14,15). The Hall–Kier alpha value is -1.32. The molecular weight excluding hydrogens is 198 g/mol. The van der Waals surface area contributed by atoms with E-state index in [-0.39, 0.29) is 19.1 Å². The van der Waals surface area contributed by atoms with Crippen molar-refractivity contribution in [3.8, 4) is 6.07 Å². The number of amides is 1. The zero-order valence-corrected chi connectivity index (χ0v) is 8.81. The number of carbonyl (C=O) groups is 1. The average molecular weight is 215 g/mol. The second-order valence-electron chi connectivity index (χ2n) is 3.25. The normalized spacial score (nSPS) is 11.8. The number of nitrogens with zero attached hydrogens (tertiary/aromatic N) is 2. The van der Waals surface area contributed by atoms with E-state index in [4.69, 9.17) is 15.5 Å². The fourth-order valence-corrected chi connectivity index (χ4v) is 1.03. The molecule has 0 saturated carbocycles. The van der Waals surface area contributed by atoms with E-state index in [9.17, 15) is 4.79 Å². The molecule has 0 bridgehead atoms. The van der Waals surface area contributed by atoms with Crippen LogP contribution in [0.1, 0.15) is 12.8 Å². The van der Waals surface area contributed by atoms with Gasteiger partial charge in [0.25, 0.3) is 0 Å². The summed E-state index contributed by atoms with van der Waals surface area (Å²) in [6, 6.07) is 1.74. The molecule has 0 aromatic carbocycles. The summed E-state index contributed by atoms with van der Waals surface area (Å²) in [6.45, 7) is 0.944. The number of nitrogens with one attached hydrogen (secondary N) is 1. The van der Waals surface area contributed by atoms with Gasteiger partial charge in [0, 0.05) is 19.6 Å². The molecule has 86 valence electrons. The van der Waals surface area contributed by atoms with Gasteiger partial charge in [-0.3, -0.25) is 0 Å². The van der Waals surface area contributed by atoms with Gasteiger partial charge in [-0.25, -0.2) is 4.79 Å². The number of hydrogen-bond donors (Lipinski definition) is 3. The summed E-state index contributed by atoms with van der Waals surface area (Å²) in [5.41, 5.74) is 0. The van der Waals surface area contributed by atoms with E-state index in [1.807, 2.05) is 6.07 Å². The minimum Gasteiger partial charge on any atom is -0.465 e. The molecule has 6 heteroatoms. The van der Waals surface area contributed by atoms with Gasteiger partial charge in [0.15, 0.2) is 0 Å². The lowest BCUT2D eigenvalue weighted by Gasteiger charge is -2.15. The Morgan fingerprint density at radius 1 is 1.67 bits per heavy atom. The van der Waals surface area contributed by atoms with Crippen molar-refractivity contribution >= 4 is 6.09 Å². The lowest BCUT2D eigenvalue weighted by atomic mass is 10.2. The molecule has 3 N–H and O–H groups in total. The highest BCUT2D eigenvalue weighted by molar-refractivity contribution is 5.64. The van der Waals surface area contributed by atoms with E-state index in [2.05, 4.69) is 5.32 Å². The van der Waals surface area contributed by atoms with Crippen LogP contribution < -0.4 is 5.32 Å². The van der Waals surface area contributed by atoms with Crippen LogP contribution in [0.15, 0.2) is 0 Å². The van der Waals surface area contributed by atoms with Crippen molar-refractivity contribution in [2.24, 2.45) is 0 Å². The maximum absolute atomic E-state index is 10.4. The Labute approximate surface area is 89.1 Å². The van der Waals surface area contributed by atoms with Gasteiger partial charge in [-0.1, -0.05) is 0 Å². The van der Waals surface area contributed by atoms with Gasteiger partial charge in [-0.05, 0) is 13.0 Å². The Balaban J connectivity index is 3.53. The third-order valence-electron chi connectivity index (χ3n) is 1.99. The van der Waals surface area contributed by atoms with E-state index >= 15 is 0 Å². The third kappa shape index (κ3) is 6.71. The van der Waals surface area contributed by atoms with Crippen LogP contribution in [0.5, 0.6) is 0 Å². The topological polar surface area (TPSA) is 96.6 Å². The lowest BCUT2D eigenvalue weighted by molar-refractivity contribution is 0.155. The first-order valence-electron chi connectivity index (χ1n) is 4.77. The second kappa shape index (κ2) is 8.03. The molecule has 1 amide bonds. The van der Waals surface area contributed by atoms with Crippen LogP contribution in [0.25, 0.3) is 0 Å². The summed E-state index contributed by atoms with van der Waals surface area (Å²) in [5, 5.41) is 28.7. The Morgan fingerprint density at radius 3 is 2.80 bits per heavy atom. The van der Waals surface area contributed by atoms with Gasteiger partial charge in [0.2, 0.25) is 0 Å². The van der Waals surface area contributed by atoms with Crippen LogP contribution in [0, 0.1) is 11.3 Å². The Morgan fingerprint density at radius 2 is 2.33 bits per heavy atom. The fourth-order valence-electron chi connectivity index (χ4n) is 1.03. The number of aliphatic hydroxyl groups is 1. The molecule has 0 aliphatic carbocycles. The van der Waals surface area contributed by atoms with Crippen molar-refractivity contribution in [1.29, 1.82) is 5.26 Å². The predicted octanol–water partition coefficient (Wildman–Crippen LogP) is -0.150. The van der Waals surface area contributed by atoms with E-state index in [0.29, 0.717) is 19.5 Å². The Kier molecular flexibility index (Phi) is 7.32. The number of aliphatic hydroxyl groups excluding tert-OH is 1.